The van der Waals surface area contributed by atoms with Crippen LogP contribution in [0.1, 0.15) is 18.1 Å². The van der Waals surface area contributed by atoms with Crippen molar-refractivity contribution in [2.45, 2.75) is 26.9 Å². The Kier molecular flexibility index (Phi) is 4.84. The quantitative estimate of drug-likeness (QED) is 0.486. The van der Waals surface area contributed by atoms with Crippen molar-refractivity contribution in [1.29, 1.82) is 0 Å². The maximum atomic E-state index is 13.4. The first-order chi connectivity index (χ1) is 15.5. The zero-order chi connectivity index (χ0) is 22.4. The average Bonchev–Trinajstić information content (AvgIpc) is 3.37. The van der Waals surface area contributed by atoms with Gasteiger partial charge in [0.15, 0.2) is 11.2 Å². The predicted octanol–water partition coefficient (Wildman–Crippen LogP) is 2.80. The molecule has 1 aliphatic rings. The predicted molar refractivity (Wildman–Crippen MR) is 124 cm³/mol. The summed E-state index contributed by atoms with van der Waals surface area (Å²) in [6.07, 6.45) is 0. The Morgan fingerprint density at radius 2 is 1.72 bits per heavy atom. The lowest BCUT2D eigenvalue weighted by Crippen LogP contribution is -2.40. The molecule has 8 heteroatoms. The van der Waals surface area contributed by atoms with Gasteiger partial charge >= 0.3 is 5.69 Å². The minimum Gasteiger partial charge on any atom is -0.494 e. The van der Waals surface area contributed by atoms with Crippen LogP contribution in [0.4, 0.5) is 11.6 Å². The van der Waals surface area contributed by atoms with E-state index in [1.807, 2.05) is 66.9 Å². The average molecular weight is 431 g/mol. The number of nitrogens with zero attached hydrogens (tertiary/aromatic N) is 5. The highest BCUT2D eigenvalue weighted by Crippen LogP contribution is 2.32. The number of anilines is 2. The molecule has 1 aliphatic heterocycles. The van der Waals surface area contributed by atoms with E-state index in [1.165, 1.54) is 9.13 Å². The molecule has 8 nitrogen and oxygen atoms in total. The Balaban J connectivity index is 1.60. The lowest BCUT2D eigenvalue weighted by Gasteiger charge is -2.16. The molecule has 4 aromatic rings. The summed E-state index contributed by atoms with van der Waals surface area (Å²) in [6.45, 7) is 6.12. The van der Waals surface area contributed by atoms with Crippen LogP contribution >= 0.6 is 0 Å². The Labute approximate surface area is 184 Å². The van der Waals surface area contributed by atoms with Gasteiger partial charge in [-0.3, -0.25) is 13.9 Å². The third-order valence-corrected chi connectivity index (χ3v) is 5.92. The molecule has 0 spiro atoms. The lowest BCUT2D eigenvalue weighted by atomic mass is 10.1. The highest BCUT2D eigenvalue weighted by Gasteiger charge is 2.28. The van der Waals surface area contributed by atoms with Crippen molar-refractivity contribution in [1.82, 2.24) is 18.7 Å². The Morgan fingerprint density at radius 1 is 1.00 bits per heavy atom. The van der Waals surface area contributed by atoms with Crippen molar-refractivity contribution < 1.29 is 4.74 Å². The minimum atomic E-state index is -0.368. The van der Waals surface area contributed by atoms with Gasteiger partial charge in [0, 0.05) is 25.8 Å². The summed E-state index contributed by atoms with van der Waals surface area (Å²) in [5.74, 6) is 1.48. The van der Waals surface area contributed by atoms with Crippen molar-refractivity contribution in [3.63, 3.8) is 0 Å². The Hall–Kier alpha value is -3.81. The third kappa shape index (κ3) is 3.19. The molecule has 0 radical (unpaired) electrons. The largest absolute Gasteiger partial charge is 0.494 e. The van der Waals surface area contributed by atoms with Gasteiger partial charge in [0.1, 0.15) is 5.75 Å². The van der Waals surface area contributed by atoms with Crippen molar-refractivity contribution in [2.75, 3.05) is 18.1 Å². The zero-order valence-electron chi connectivity index (χ0n) is 18.4. The van der Waals surface area contributed by atoms with E-state index in [-0.39, 0.29) is 17.8 Å². The molecule has 0 aliphatic carbocycles. The second kappa shape index (κ2) is 7.71. The molecule has 0 atom stereocenters. The Morgan fingerprint density at radius 3 is 2.41 bits per heavy atom. The van der Waals surface area contributed by atoms with Gasteiger partial charge in [-0.2, -0.15) is 4.98 Å². The van der Waals surface area contributed by atoms with Gasteiger partial charge in [0.05, 0.1) is 13.2 Å². The van der Waals surface area contributed by atoms with Crippen LogP contribution in [0.2, 0.25) is 0 Å². The SMILES string of the molecule is CCOc1ccc(N2CCn3c2nc2c3c(=O)n(Cc3ccc(C)cc3)c(=O)n2C)cc1. The smallest absolute Gasteiger partial charge is 0.332 e. The summed E-state index contributed by atoms with van der Waals surface area (Å²) in [4.78, 5) is 33.2. The van der Waals surface area contributed by atoms with Crippen molar-refractivity contribution in [2.24, 2.45) is 7.05 Å². The highest BCUT2D eigenvalue weighted by molar-refractivity contribution is 5.77. The first kappa shape index (κ1) is 20.1. The molecule has 0 unspecified atom stereocenters. The standard InChI is InChI=1S/C24H25N5O3/c1-4-32-19-11-9-18(10-12-19)27-13-14-28-20-21(25-23(27)28)26(3)24(31)29(22(20)30)15-17-7-5-16(2)6-8-17/h5-12H,4,13-15H2,1-3H3. The maximum Gasteiger partial charge on any atom is 0.332 e. The maximum absolute atomic E-state index is 13.4. The summed E-state index contributed by atoms with van der Waals surface area (Å²) in [7, 11) is 1.67. The fraction of sp³-hybridized carbons (Fsp3) is 0.292. The molecule has 32 heavy (non-hydrogen) atoms. The third-order valence-electron chi connectivity index (χ3n) is 5.92. The van der Waals surface area contributed by atoms with Crippen LogP contribution in [-0.2, 0) is 20.1 Å². The molecule has 0 N–H and O–H groups in total. The fourth-order valence-electron chi connectivity index (χ4n) is 4.23. The molecule has 0 fully saturated rings. The first-order valence-corrected chi connectivity index (χ1v) is 10.7. The monoisotopic (exact) mass is 431 g/mol. The zero-order valence-corrected chi connectivity index (χ0v) is 18.4. The van der Waals surface area contributed by atoms with Crippen molar-refractivity contribution in [3.05, 3.63) is 80.5 Å². The van der Waals surface area contributed by atoms with Gasteiger partial charge in [-0.05, 0) is 43.7 Å². The summed E-state index contributed by atoms with van der Waals surface area (Å²) < 4.78 is 10.2. The molecular weight excluding hydrogens is 406 g/mol. The van der Waals surface area contributed by atoms with E-state index >= 15 is 0 Å². The van der Waals surface area contributed by atoms with Crippen LogP contribution in [0.5, 0.6) is 5.75 Å². The number of benzene rings is 2. The van der Waals surface area contributed by atoms with Crippen molar-refractivity contribution >= 4 is 22.8 Å². The molecule has 2 aromatic carbocycles. The number of fused-ring (bicyclic) bond motifs is 3. The number of hydrogen-bond acceptors (Lipinski definition) is 5. The second-order valence-corrected chi connectivity index (χ2v) is 8.03. The molecule has 2 aromatic heterocycles. The van der Waals surface area contributed by atoms with E-state index in [2.05, 4.69) is 4.90 Å². The van der Waals surface area contributed by atoms with Gasteiger partial charge in [-0.25, -0.2) is 4.79 Å². The van der Waals surface area contributed by atoms with E-state index in [4.69, 9.17) is 9.72 Å². The van der Waals surface area contributed by atoms with Gasteiger partial charge in [-0.15, -0.1) is 0 Å². The van der Waals surface area contributed by atoms with Crippen LogP contribution in [0, 0.1) is 6.92 Å². The summed E-state index contributed by atoms with van der Waals surface area (Å²) in [6, 6.07) is 15.7. The molecule has 164 valence electrons. The highest BCUT2D eigenvalue weighted by atomic mass is 16.5. The summed E-state index contributed by atoms with van der Waals surface area (Å²) >= 11 is 0. The molecule has 3 heterocycles. The molecule has 0 saturated heterocycles. The number of aromatic nitrogens is 4. The fourth-order valence-corrected chi connectivity index (χ4v) is 4.23. The van der Waals surface area contributed by atoms with Crippen LogP contribution < -0.4 is 20.9 Å². The molecule has 0 saturated carbocycles. The van der Waals surface area contributed by atoms with Gasteiger partial charge in [-0.1, -0.05) is 29.8 Å². The van der Waals surface area contributed by atoms with Gasteiger partial charge in [0.25, 0.3) is 5.56 Å². The van der Waals surface area contributed by atoms with E-state index in [9.17, 15) is 9.59 Å². The first-order valence-electron chi connectivity index (χ1n) is 10.7. The number of imidazole rings is 1. The van der Waals surface area contributed by atoms with E-state index in [1.54, 1.807) is 7.05 Å². The molecule has 0 bridgehead atoms. The van der Waals surface area contributed by atoms with Crippen LogP contribution in [0.3, 0.4) is 0 Å². The molecule has 0 amide bonds. The Bertz CT molecular complexity index is 1410. The lowest BCUT2D eigenvalue weighted by molar-refractivity contribution is 0.340. The minimum absolute atomic E-state index is 0.227. The van der Waals surface area contributed by atoms with E-state index in [0.717, 1.165) is 22.6 Å². The normalized spacial score (nSPS) is 13.0. The molecular formula is C24H25N5O3. The van der Waals surface area contributed by atoms with E-state index < -0.39 is 0 Å². The second-order valence-electron chi connectivity index (χ2n) is 8.03. The summed E-state index contributed by atoms with van der Waals surface area (Å²) in [5.41, 5.74) is 3.20. The summed E-state index contributed by atoms with van der Waals surface area (Å²) in [5, 5.41) is 0. The van der Waals surface area contributed by atoms with Crippen LogP contribution in [0.25, 0.3) is 11.2 Å². The van der Waals surface area contributed by atoms with E-state index in [0.29, 0.717) is 36.8 Å². The van der Waals surface area contributed by atoms with Crippen LogP contribution in [0.15, 0.2) is 58.1 Å². The van der Waals surface area contributed by atoms with Gasteiger partial charge < -0.3 is 14.2 Å². The number of aryl methyl sites for hydroxylation is 2. The topological polar surface area (TPSA) is 74.3 Å². The number of ether oxygens (including phenoxy) is 1. The van der Waals surface area contributed by atoms with Crippen molar-refractivity contribution in [3.8, 4) is 5.75 Å². The molecule has 5 rings (SSSR count). The number of hydrogen-bond donors (Lipinski definition) is 0. The number of rotatable bonds is 5. The van der Waals surface area contributed by atoms with Crippen LogP contribution in [-0.4, -0.2) is 31.8 Å². The van der Waals surface area contributed by atoms with Gasteiger partial charge in [0.2, 0.25) is 5.95 Å².